The van der Waals surface area contributed by atoms with Gasteiger partial charge in [0.2, 0.25) is 45.6 Å². The van der Waals surface area contributed by atoms with Gasteiger partial charge in [-0.15, -0.1) is 0 Å². The molecule has 0 aliphatic carbocycles. The molecular weight excluding hydrogens is 1370 g/mol. The fraction of sp³-hybridized carbons (Fsp3) is 0.354. The maximum Gasteiger partial charge on any atom is 0.227 e. The van der Waals surface area contributed by atoms with Gasteiger partial charge in [0.05, 0.1) is 22.3 Å². The minimum Gasteiger partial charge on any atom is -0.437 e. The Labute approximate surface area is 670 Å². The zero-order chi connectivity index (χ0) is 88.0. The predicted octanol–water partition coefficient (Wildman–Crippen LogP) is 24.3. The number of nitrogens with zero attached hydrogens (tertiary/aromatic N) is 8. The Morgan fingerprint density at radius 1 is 0.333 bits per heavy atom. The molecule has 16 rings (SSSR count). The van der Waals surface area contributed by atoms with Crippen LogP contribution in [0.4, 0.5) is 0 Å². The summed E-state index contributed by atoms with van der Waals surface area (Å²) >= 11 is 0. The van der Waals surface area contributed by atoms with Crippen LogP contribution in [0.3, 0.4) is 0 Å². The second-order valence-electron chi connectivity index (χ2n) is 30.0. The molecule has 0 saturated heterocycles. The molecule has 0 radical (unpaired) electrons. The summed E-state index contributed by atoms with van der Waals surface area (Å²) in [6, 6.07) is 45.1. The summed E-state index contributed by atoms with van der Waals surface area (Å²) in [6.07, 6.45) is 6.62. The molecule has 0 saturated carbocycles. The van der Waals surface area contributed by atoms with Crippen LogP contribution in [-0.2, 0) is 60.1 Å². The van der Waals surface area contributed by atoms with Crippen LogP contribution in [0.2, 0.25) is 0 Å². The number of pyridine rings is 8. The Balaban J connectivity index is 0.000000140. The van der Waals surface area contributed by atoms with E-state index in [-0.39, 0.29) is 0 Å². The average Bonchev–Trinajstić information content (AvgIpc) is 1.65. The monoisotopic (exact) mass is 1490 g/mol. The van der Waals surface area contributed by atoms with Gasteiger partial charge in [0.1, 0.15) is 28.2 Å². The van der Waals surface area contributed by atoms with Crippen LogP contribution in [0.1, 0.15) is 231 Å². The van der Waals surface area contributed by atoms with Crippen molar-refractivity contribution in [3.05, 3.63) is 237 Å². The molecule has 0 aliphatic heterocycles. The van der Waals surface area contributed by atoms with E-state index in [1.165, 1.54) is 87.0 Å². The molecule has 12 aromatic heterocycles. The van der Waals surface area contributed by atoms with Gasteiger partial charge in [0.15, 0.2) is 47.1 Å². The number of hydrogen-bond acceptors (Lipinski definition) is 8. The van der Waals surface area contributed by atoms with Crippen LogP contribution in [0.15, 0.2) is 176 Å². The molecule has 0 spiro atoms. The highest BCUT2D eigenvalue weighted by atomic mass is 16.4. The summed E-state index contributed by atoms with van der Waals surface area (Å²) in [5.74, 6) is -0.482. The lowest BCUT2D eigenvalue weighted by Crippen LogP contribution is -2.32. The van der Waals surface area contributed by atoms with Crippen LogP contribution >= 0.6 is 0 Å². The Hall–Kier alpha value is -10.7. The number of furan rings is 4. The molecule has 12 heterocycles. The van der Waals surface area contributed by atoms with Crippen LogP contribution in [0.5, 0.6) is 0 Å². The number of fused-ring (bicyclic) bond motifs is 12. The summed E-state index contributed by atoms with van der Waals surface area (Å²) < 4.78 is 116. The van der Waals surface area contributed by atoms with Crippen LogP contribution in [-0.4, -0.2) is 19.9 Å². The quantitative estimate of drug-likeness (QED) is 0.0827. The third-order valence-corrected chi connectivity index (χ3v) is 22.3. The summed E-state index contributed by atoms with van der Waals surface area (Å²) in [4.78, 5) is 18.5. The predicted molar refractivity (Wildman–Crippen MR) is 458 cm³/mol. The van der Waals surface area contributed by atoms with E-state index < -0.39 is 37.3 Å². The van der Waals surface area contributed by atoms with Gasteiger partial charge in [-0.2, -0.15) is 0 Å². The summed E-state index contributed by atoms with van der Waals surface area (Å²) in [5.41, 5.74) is 24.9. The second-order valence-corrected chi connectivity index (χ2v) is 30.0. The smallest absolute Gasteiger partial charge is 0.227 e. The van der Waals surface area contributed by atoms with E-state index in [0.717, 1.165) is 123 Å². The van der Waals surface area contributed by atoms with Crippen molar-refractivity contribution in [2.45, 2.75) is 206 Å². The van der Waals surface area contributed by atoms with E-state index in [1.807, 2.05) is 98.6 Å². The van der Waals surface area contributed by atoms with E-state index >= 15 is 0 Å². The highest BCUT2D eigenvalue weighted by Gasteiger charge is 2.29. The van der Waals surface area contributed by atoms with Crippen LogP contribution < -0.4 is 18.3 Å². The first-order valence-corrected chi connectivity index (χ1v) is 39.2. The standard InChI is InChI=1S/3C25H29N2O.C24H27N2O/c2*1-7-17-13-22(27(6)14-18(17)8-2)23-16(5)9-10-19-20-11-12-21(15(3)4)26-25(20)28-24(19)23;1-6-17(7-2)18-10-14-22(27(5)15-18)23-16(4)9-12-20-21-13-11-19(8-3)26-25(21)28-24(20)23;1-6-17(7-2)18-10-13-21(26(5)14-18)22-15(3)8-11-19-20-12-9-16(4)25-24(20)27-23(19)22/h2*9-15H,7-8H2,1-6H3;9-15,17H,6-8H2,1-5H3;8-14,17H,6-7H2,1-5H3/q4*+1/i2*7D2,8D2,15D;;. The summed E-state index contributed by atoms with van der Waals surface area (Å²) in [6.45, 7) is 34.3. The number of aryl methyl sites for hydroxylation is 14. The molecule has 111 heavy (non-hydrogen) atoms. The first kappa shape index (κ1) is 66.1. The van der Waals surface area contributed by atoms with E-state index in [9.17, 15) is 0 Å². The molecule has 0 fully saturated rings. The Kier molecular flexibility index (Phi) is 19.7. The first-order chi connectivity index (χ1) is 56.8. The minimum atomic E-state index is -1.73. The largest absolute Gasteiger partial charge is 0.437 e. The van der Waals surface area contributed by atoms with Gasteiger partial charge in [-0.1, -0.05) is 139 Å². The SMILES string of the molecule is CCC(CC)c1ccc(-c2c(C)ccc3c2oc2nc(C)ccc23)[n+](C)c1.CCc1ccc2c(n1)oc1c(-c3ccc(C(CC)CC)c[n+]3C)c(C)ccc12.[2H]C([2H])(C)c1cc(-c2c(C)ccc3c2oc2nc(C([2H])(C)C)ccc23)[n+](C)cc1C([2H])([2H])C.[2H]C([2H])(C)c1cc(-c2c(C)ccc3c2oc2nc(C([2H])(C)C)ccc23)[n+](C)cc1C([2H])([2H])C. The molecule has 570 valence electrons. The maximum atomic E-state index is 8.35. The van der Waals surface area contributed by atoms with Gasteiger partial charge in [0.25, 0.3) is 0 Å². The van der Waals surface area contributed by atoms with Crippen molar-refractivity contribution in [3.63, 3.8) is 0 Å². The molecule has 4 aromatic carbocycles. The Bertz CT molecular complexity index is 6460. The van der Waals surface area contributed by atoms with Gasteiger partial charge < -0.3 is 17.7 Å². The molecule has 16 aromatic rings. The van der Waals surface area contributed by atoms with E-state index in [0.29, 0.717) is 73.8 Å². The van der Waals surface area contributed by atoms with Gasteiger partial charge in [-0.25, -0.2) is 38.2 Å². The van der Waals surface area contributed by atoms with Crippen molar-refractivity contribution in [2.24, 2.45) is 28.2 Å². The van der Waals surface area contributed by atoms with E-state index in [4.69, 9.17) is 36.4 Å². The number of rotatable bonds is 17. The third-order valence-electron chi connectivity index (χ3n) is 22.3. The zero-order valence-corrected chi connectivity index (χ0v) is 68.9. The summed E-state index contributed by atoms with van der Waals surface area (Å²) in [7, 11) is 7.93. The molecular formula is C99H114N8O4+4. The average molecular weight is 1490 g/mol. The molecule has 0 bridgehead atoms. The van der Waals surface area contributed by atoms with Crippen LogP contribution in [0, 0.1) is 34.6 Å². The van der Waals surface area contributed by atoms with E-state index in [2.05, 4.69) is 166 Å². The van der Waals surface area contributed by atoms with Crippen molar-refractivity contribution in [1.29, 1.82) is 0 Å². The second kappa shape index (κ2) is 33.1. The normalized spacial score (nSPS) is 13.8. The fourth-order valence-electron chi connectivity index (χ4n) is 15.8. The maximum absolute atomic E-state index is 8.35. The molecule has 12 nitrogen and oxygen atoms in total. The van der Waals surface area contributed by atoms with Crippen molar-refractivity contribution in [2.75, 3.05) is 0 Å². The molecule has 0 atom stereocenters. The lowest BCUT2D eigenvalue weighted by atomic mass is 9.94. The highest BCUT2D eigenvalue weighted by molar-refractivity contribution is 6.12. The Morgan fingerprint density at radius 3 is 0.964 bits per heavy atom. The zero-order valence-electron chi connectivity index (χ0n) is 78.9. The first-order valence-electron chi connectivity index (χ1n) is 44.2. The number of aromatic nitrogens is 8. The molecule has 0 aliphatic rings. The highest BCUT2D eigenvalue weighted by Crippen LogP contribution is 2.43. The van der Waals surface area contributed by atoms with Gasteiger partial charge in [-0.3, -0.25) is 0 Å². The molecule has 0 N–H and O–H groups in total. The topological polar surface area (TPSA) is 120 Å². The fourth-order valence-corrected chi connectivity index (χ4v) is 15.8. The molecule has 12 heteroatoms. The van der Waals surface area contributed by atoms with Gasteiger partial charge >= 0.3 is 0 Å². The van der Waals surface area contributed by atoms with Gasteiger partial charge in [-0.05, 0) is 210 Å². The number of benzene rings is 4. The van der Waals surface area contributed by atoms with Crippen molar-refractivity contribution in [3.8, 4) is 45.0 Å². The third kappa shape index (κ3) is 15.1. The minimum absolute atomic E-state index is 0.312. The van der Waals surface area contributed by atoms with Crippen molar-refractivity contribution >= 4 is 88.3 Å². The lowest BCUT2D eigenvalue weighted by molar-refractivity contribution is -0.661. The summed E-state index contributed by atoms with van der Waals surface area (Å²) in [5, 5.41) is 7.92. The molecule has 0 amide bonds. The number of hydrogen-bond donors (Lipinski definition) is 0. The van der Waals surface area contributed by atoms with Gasteiger partial charge in [0, 0.05) is 126 Å². The lowest BCUT2D eigenvalue weighted by Gasteiger charge is -2.12. The van der Waals surface area contributed by atoms with Crippen LogP contribution in [0.25, 0.3) is 133 Å². The van der Waals surface area contributed by atoms with Crippen molar-refractivity contribution in [1.82, 2.24) is 19.9 Å². The van der Waals surface area contributed by atoms with E-state index in [1.54, 1.807) is 52.2 Å². The molecule has 0 unspecified atom stereocenters. The van der Waals surface area contributed by atoms with Crippen molar-refractivity contribution < 1.29 is 49.6 Å². The Morgan fingerprint density at radius 2 is 0.640 bits per heavy atom.